The van der Waals surface area contributed by atoms with Crippen LogP contribution in [-0.2, 0) is 5.54 Å². The van der Waals surface area contributed by atoms with E-state index in [1.807, 2.05) is 6.07 Å². The first kappa shape index (κ1) is 19.0. The van der Waals surface area contributed by atoms with Gasteiger partial charge in [0, 0.05) is 29.9 Å². The molecule has 1 atom stereocenters. The minimum Gasteiger partial charge on any atom is -0.494 e. The van der Waals surface area contributed by atoms with Gasteiger partial charge in [-0.2, -0.15) is 0 Å². The third kappa shape index (κ3) is 2.72. The minimum absolute atomic E-state index is 0.0207. The number of aromatic amines is 1. The Labute approximate surface area is 163 Å². The second-order valence-electron chi connectivity index (χ2n) is 8.66. The van der Waals surface area contributed by atoms with Crippen molar-refractivity contribution in [1.82, 2.24) is 9.88 Å². The Kier molecular flexibility index (Phi) is 4.28. The maximum absolute atomic E-state index is 12.6. The number of carboxylic acids is 1. The molecule has 0 unspecified atom stereocenters. The molecule has 1 saturated carbocycles. The predicted octanol–water partition coefficient (Wildman–Crippen LogP) is 2.43. The van der Waals surface area contributed by atoms with E-state index in [0.717, 1.165) is 37.8 Å². The molecule has 2 aromatic rings. The van der Waals surface area contributed by atoms with Crippen LogP contribution in [0.3, 0.4) is 0 Å². The summed E-state index contributed by atoms with van der Waals surface area (Å²) >= 11 is 0. The summed E-state index contributed by atoms with van der Waals surface area (Å²) in [6.07, 6.45) is 5.30. The van der Waals surface area contributed by atoms with Crippen molar-refractivity contribution in [2.24, 2.45) is 5.73 Å². The number of methoxy groups -OCH3 is 1. The molecule has 0 bridgehead atoms. The standard InChI is InChI=1S/C21H27N3O4/c1-20(2)7-6-12(22)11-24(20)21(8-9-21)15-5-4-13-16(18(15)28-3)23-10-14(17(13)25)19(26)27/h4-5,10,12H,6-9,11,22H2,1-3H3,(H,23,25)(H,26,27)/t12-/m0/s1. The van der Waals surface area contributed by atoms with Crippen molar-refractivity contribution in [2.75, 3.05) is 13.7 Å². The normalized spacial score (nSPS) is 23.5. The van der Waals surface area contributed by atoms with Crippen molar-refractivity contribution in [1.29, 1.82) is 0 Å². The molecule has 1 aliphatic carbocycles. The molecule has 2 aliphatic rings. The van der Waals surface area contributed by atoms with Gasteiger partial charge in [-0.25, -0.2) is 4.79 Å². The number of aromatic carboxylic acids is 1. The summed E-state index contributed by atoms with van der Waals surface area (Å²) in [7, 11) is 1.59. The first-order valence-corrected chi connectivity index (χ1v) is 9.71. The first-order chi connectivity index (χ1) is 13.2. The summed E-state index contributed by atoms with van der Waals surface area (Å²) in [4.78, 5) is 29.4. The number of piperidine rings is 1. The SMILES string of the molecule is COc1c(C2(N3C[C@@H](N)CCC3(C)C)CC2)ccc2c(=O)c(C(=O)O)c[nH]c12. The van der Waals surface area contributed by atoms with Crippen LogP contribution >= 0.6 is 0 Å². The molecule has 0 radical (unpaired) electrons. The fourth-order valence-electron chi connectivity index (χ4n) is 4.81. The minimum atomic E-state index is -1.24. The molecule has 0 amide bonds. The number of carbonyl (C=O) groups is 1. The number of ether oxygens (including phenoxy) is 1. The number of nitrogens with zero attached hydrogens (tertiary/aromatic N) is 1. The molecule has 2 fully saturated rings. The van der Waals surface area contributed by atoms with Gasteiger partial charge in [0.25, 0.3) is 0 Å². The van der Waals surface area contributed by atoms with Crippen molar-refractivity contribution >= 4 is 16.9 Å². The highest BCUT2D eigenvalue weighted by Gasteiger charge is 2.56. The van der Waals surface area contributed by atoms with Crippen LogP contribution in [0.5, 0.6) is 5.75 Å². The molecule has 2 heterocycles. The molecular weight excluding hydrogens is 358 g/mol. The summed E-state index contributed by atoms with van der Waals surface area (Å²) < 4.78 is 5.75. The molecule has 1 saturated heterocycles. The highest BCUT2D eigenvalue weighted by Crippen LogP contribution is 2.58. The number of rotatable bonds is 4. The van der Waals surface area contributed by atoms with Crippen LogP contribution in [-0.4, -0.2) is 46.2 Å². The fraction of sp³-hybridized carbons (Fsp3) is 0.524. The second-order valence-corrected chi connectivity index (χ2v) is 8.66. The third-order valence-electron chi connectivity index (χ3n) is 6.46. The van der Waals surface area contributed by atoms with E-state index in [4.69, 9.17) is 10.5 Å². The third-order valence-corrected chi connectivity index (χ3v) is 6.46. The van der Waals surface area contributed by atoms with E-state index in [9.17, 15) is 14.7 Å². The van der Waals surface area contributed by atoms with Crippen molar-refractivity contribution in [3.05, 3.63) is 39.7 Å². The van der Waals surface area contributed by atoms with E-state index in [2.05, 4.69) is 23.7 Å². The monoisotopic (exact) mass is 385 g/mol. The number of H-pyrrole nitrogens is 1. The lowest BCUT2D eigenvalue weighted by Gasteiger charge is -2.50. The molecule has 1 aromatic carbocycles. The number of fused-ring (bicyclic) bond motifs is 1. The van der Waals surface area contributed by atoms with Crippen LogP contribution in [0.1, 0.15) is 55.5 Å². The first-order valence-electron chi connectivity index (χ1n) is 9.71. The summed E-state index contributed by atoms with van der Waals surface area (Å²) in [5, 5.41) is 9.55. The van der Waals surface area contributed by atoms with E-state index < -0.39 is 11.4 Å². The Morgan fingerprint density at radius 1 is 1.32 bits per heavy atom. The molecule has 1 aromatic heterocycles. The van der Waals surface area contributed by atoms with Gasteiger partial charge in [0.1, 0.15) is 11.3 Å². The molecule has 7 nitrogen and oxygen atoms in total. The van der Waals surface area contributed by atoms with Crippen molar-refractivity contribution in [3.63, 3.8) is 0 Å². The number of carboxylic acid groups (broad SMARTS) is 1. The number of benzene rings is 1. The van der Waals surface area contributed by atoms with Gasteiger partial charge in [-0.05, 0) is 45.6 Å². The Morgan fingerprint density at radius 3 is 2.64 bits per heavy atom. The average molecular weight is 385 g/mol. The maximum Gasteiger partial charge on any atom is 0.341 e. The van der Waals surface area contributed by atoms with E-state index in [-0.39, 0.29) is 22.7 Å². The molecule has 150 valence electrons. The van der Waals surface area contributed by atoms with Gasteiger partial charge in [-0.15, -0.1) is 0 Å². The van der Waals surface area contributed by atoms with E-state index in [1.54, 1.807) is 13.2 Å². The molecule has 28 heavy (non-hydrogen) atoms. The lowest BCUT2D eigenvalue weighted by atomic mass is 9.84. The number of nitrogens with one attached hydrogen (secondary N) is 1. The fourth-order valence-corrected chi connectivity index (χ4v) is 4.81. The van der Waals surface area contributed by atoms with Crippen LogP contribution in [0.15, 0.2) is 23.1 Å². The zero-order valence-corrected chi connectivity index (χ0v) is 16.5. The van der Waals surface area contributed by atoms with Gasteiger partial charge >= 0.3 is 5.97 Å². The Hall–Kier alpha value is -2.38. The number of hydrogen-bond donors (Lipinski definition) is 3. The molecule has 4 N–H and O–H groups in total. The number of pyridine rings is 1. The van der Waals surface area contributed by atoms with E-state index in [1.165, 1.54) is 6.20 Å². The number of likely N-dealkylation sites (tertiary alicyclic amines) is 1. The zero-order valence-electron chi connectivity index (χ0n) is 16.5. The van der Waals surface area contributed by atoms with Crippen LogP contribution in [0.2, 0.25) is 0 Å². The molecule has 0 spiro atoms. The lowest BCUT2D eigenvalue weighted by Crippen LogP contribution is -2.58. The topological polar surface area (TPSA) is 109 Å². The highest BCUT2D eigenvalue weighted by atomic mass is 16.5. The van der Waals surface area contributed by atoms with Crippen LogP contribution in [0, 0.1) is 0 Å². The van der Waals surface area contributed by atoms with Gasteiger partial charge in [-0.3, -0.25) is 9.69 Å². The average Bonchev–Trinajstić information content (AvgIpc) is 3.44. The molecular formula is C21H27N3O4. The molecule has 4 rings (SSSR count). The zero-order chi connectivity index (χ0) is 20.3. The smallest absolute Gasteiger partial charge is 0.341 e. The second kappa shape index (κ2) is 6.32. The van der Waals surface area contributed by atoms with Gasteiger partial charge in [0.05, 0.1) is 23.6 Å². The Balaban J connectivity index is 1.88. The lowest BCUT2D eigenvalue weighted by molar-refractivity contribution is 0.00887. The van der Waals surface area contributed by atoms with Crippen molar-refractivity contribution in [2.45, 2.75) is 56.7 Å². The highest BCUT2D eigenvalue weighted by molar-refractivity contribution is 5.94. The summed E-state index contributed by atoms with van der Waals surface area (Å²) in [6, 6.07) is 3.79. The summed E-state index contributed by atoms with van der Waals surface area (Å²) in [6.45, 7) is 5.34. The predicted molar refractivity (Wildman–Crippen MR) is 107 cm³/mol. The Bertz CT molecular complexity index is 1010. The van der Waals surface area contributed by atoms with Crippen LogP contribution < -0.4 is 15.9 Å². The van der Waals surface area contributed by atoms with E-state index >= 15 is 0 Å². The van der Waals surface area contributed by atoms with Crippen LogP contribution in [0.4, 0.5) is 0 Å². The van der Waals surface area contributed by atoms with Crippen LogP contribution in [0.25, 0.3) is 10.9 Å². The molecule has 7 heteroatoms. The quantitative estimate of drug-likeness (QED) is 0.746. The van der Waals surface area contributed by atoms with E-state index in [0.29, 0.717) is 16.7 Å². The summed E-state index contributed by atoms with van der Waals surface area (Å²) in [5.41, 5.74) is 6.95. The van der Waals surface area contributed by atoms with Gasteiger partial charge in [-0.1, -0.05) is 6.07 Å². The van der Waals surface area contributed by atoms with Gasteiger partial charge in [0.2, 0.25) is 5.43 Å². The summed E-state index contributed by atoms with van der Waals surface area (Å²) in [5.74, 6) is -0.632. The van der Waals surface area contributed by atoms with Gasteiger partial charge < -0.3 is 20.6 Å². The number of nitrogens with two attached hydrogens (primary N) is 1. The Morgan fingerprint density at radius 2 is 2.04 bits per heavy atom. The molecule has 1 aliphatic heterocycles. The van der Waals surface area contributed by atoms with Crippen molar-refractivity contribution < 1.29 is 14.6 Å². The number of hydrogen-bond acceptors (Lipinski definition) is 5. The van der Waals surface area contributed by atoms with Crippen molar-refractivity contribution in [3.8, 4) is 5.75 Å². The maximum atomic E-state index is 12.6. The van der Waals surface area contributed by atoms with Gasteiger partial charge in [0.15, 0.2) is 0 Å². The number of aromatic nitrogens is 1. The largest absolute Gasteiger partial charge is 0.494 e.